The fraction of sp³-hybridized carbons (Fsp3) is 0.143. The number of aryl methyl sites for hydroxylation is 1. The highest BCUT2D eigenvalue weighted by Gasteiger charge is 2.21. The van der Waals surface area contributed by atoms with E-state index < -0.39 is 24.0 Å². The summed E-state index contributed by atoms with van der Waals surface area (Å²) in [5.74, 6) is 0. The van der Waals surface area contributed by atoms with Gasteiger partial charge in [-0.15, -0.1) is 0 Å². The highest BCUT2D eigenvalue weighted by atomic mass is 35.7. The van der Waals surface area contributed by atoms with E-state index in [4.69, 9.17) is 27.4 Å². The molecule has 0 aliphatic heterocycles. The maximum atomic E-state index is 11.1. The molecule has 0 spiro atoms. The Morgan fingerprint density at radius 1 is 1.12 bits per heavy atom. The second kappa shape index (κ2) is 4.15. The number of sulfonamides is 1. The van der Waals surface area contributed by atoms with E-state index in [1.807, 2.05) is 0 Å². The first-order chi connectivity index (χ1) is 7.03. The number of nitrogens with two attached hydrogens (primary N) is 1. The van der Waals surface area contributed by atoms with Crippen molar-refractivity contribution in [3.63, 3.8) is 0 Å². The minimum absolute atomic E-state index is 0.153. The second-order valence-electron chi connectivity index (χ2n) is 3.03. The largest absolute Gasteiger partial charge is 0.262 e. The first kappa shape index (κ1) is 13.7. The lowest BCUT2D eigenvalue weighted by Gasteiger charge is -2.07. The van der Waals surface area contributed by atoms with Gasteiger partial charge in [-0.1, -0.05) is 11.6 Å². The molecule has 0 heterocycles. The van der Waals surface area contributed by atoms with E-state index >= 15 is 0 Å². The minimum Gasteiger partial charge on any atom is -0.225 e. The lowest BCUT2D eigenvalue weighted by Crippen LogP contribution is -2.14. The molecule has 0 radical (unpaired) electrons. The van der Waals surface area contributed by atoms with Gasteiger partial charge in [0.2, 0.25) is 10.0 Å². The topological polar surface area (TPSA) is 94.3 Å². The normalized spacial score (nSPS) is 12.8. The highest BCUT2D eigenvalue weighted by molar-refractivity contribution is 8.13. The van der Waals surface area contributed by atoms with Gasteiger partial charge in [0.25, 0.3) is 9.05 Å². The molecule has 5 nitrogen and oxygen atoms in total. The molecule has 9 heteroatoms. The maximum absolute atomic E-state index is 11.1. The highest BCUT2D eigenvalue weighted by Crippen LogP contribution is 2.29. The van der Waals surface area contributed by atoms with Crippen molar-refractivity contribution in [2.24, 2.45) is 5.14 Å². The average molecular weight is 304 g/mol. The van der Waals surface area contributed by atoms with E-state index in [0.29, 0.717) is 0 Å². The maximum Gasteiger partial charge on any atom is 0.262 e. The Bertz CT molecular complexity index is 583. The molecule has 0 saturated heterocycles. The Balaban J connectivity index is 3.72. The van der Waals surface area contributed by atoms with Crippen molar-refractivity contribution in [1.82, 2.24) is 0 Å². The van der Waals surface area contributed by atoms with Crippen LogP contribution in [0, 0.1) is 6.92 Å². The Kier molecular flexibility index (Phi) is 3.56. The van der Waals surface area contributed by atoms with Crippen LogP contribution in [-0.4, -0.2) is 16.8 Å². The Morgan fingerprint density at radius 3 is 2.00 bits per heavy atom. The fourth-order valence-corrected chi connectivity index (χ4v) is 3.57. The lowest BCUT2D eigenvalue weighted by atomic mass is 10.2. The van der Waals surface area contributed by atoms with Crippen molar-refractivity contribution >= 4 is 41.4 Å². The van der Waals surface area contributed by atoms with Crippen molar-refractivity contribution in [2.75, 3.05) is 0 Å². The van der Waals surface area contributed by atoms with Crippen molar-refractivity contribution in [2.45, 2.75) is 16.7 Å². The number of rotatable bonds is 2. The van der Waals surface area contributed by atoms with Gasteiger partial charge in [0.05, 0.1) is 9.92 Å². The molecule has 0 saturated carbocycles. The Hall–Kier alpha value is -0.340. The van der Waals surface area contributed by atoms with Crippen LogP contribution in [0.1, 0.15) is 5.56 Å². The predicted octanol–water partition coefficient (Wildman–Crippen LogP) is 1.22. The molecule has 2 N–H and O–H groups in total. The monoisotopic (exact) mass is 303 g/mol. The molecule has 1 rings (SSSR count). The van der Waals surface area contributed by atoms with Crippen LogP contribution in [0.3, 0.4) is 0 Å². The molecule has 0 unspecified atom stereocenters. The standard InChI is InChI=1S/C7H7Cl2NO4S2/c1-4-2-5(8)7(15(9,11)12)3-6(4)16(10,13)14/h2-3H,1H3,(H2,10,13,14). The fourth-order valence-electron chi connectivity index (χ4n) is 1.13. The Labute approximate surface area is 103 Å². The summed E-state index contributed by atoms with van der Waals surface area (Å²) in [5, 5.41) is 4.76. The smallest absolute Gasteiger partial charge is 0.225 e. The zero-order valence-electron chi connectivity index (χ0n) is 7.94. The van der Waals surface area contributed by atoms with Gasteiger partial charge in [-0.25, -0.2) is 22.0 Å². The lowest BCUT2D eigenvalue weighted by molar-refractivity contribution is 0.597. The average Bonchev–Trinajstić information content (AvgIpc) is 1.97. The third-order valence-corrected chi connectivity index (χ3v) is 4.64. The molecular weight excluding hydrogens is 297 g/mol. The van der Waals surface area contributed by atoms with Gasteiger partial charge in [-0.3, -0.25) is 0 Å². The summed E-state index contributed by atoms with van der Waals surface area (Å²) in [6.07, 6.45) is 0. The zero-order chi connectivity index (χ0) is 12.7. The molecule has 1 aromatic carbocycles. The summed E-state index contributed by atoms with van der Waals surface area (Å²) in [4.78, 5) is -0.804. The van der Waals surface area contributed by atoms with Gasteiger partial charge in [0, 0.05) is 10.7 Å². The van der Waals surface area contributed by atoms with Gasteiger partial charge >= 0.3 is 0 Å². The Morgan fingerprint density at radius 2 is 1.62 bits per heavy atom. The first-order valence-corrected chi connectivity index (χ1v) is 8.04. The molecule has 0 bridgehead atoms. The van der Waals surface area contributed by atoms with E-state index in [9.17, 15) is 16.8 Å². The number of primary sulfonamides is 1. The van der Waals surface area contributed by atoms with Crippen LogP contribution in [0.5, 0.6) is 0 Å². The number of hydrogen-bond donors (Lipinski definition) is 1. The third kappa shape index (κ3) is 2.86. The van der Waals surface area contributed by atoms with Crippen LogP contribution >= 0.6 is 22.3 Å². The number of hydrogen-bond acceptors (Lipinski definition) is 4. The van der Waals surface area contributed by atoms with Crippen LogP contribution in [0.2, 0.25) is 5.02 Å². The third-order valence-electron chi connectivity index (χ3n) is 1.80. The first-order valence-electron chi connectivity index (χ1n) is 3.81. The summed E-state index contributed by atoms with van der Waals surface area (Å²) in [6, 6.07) is 2.02. The van der Waals surface area contributed by atoms with E-state index in [-0.39, 0.29) is 15.5 Å². The summed E-state index contributed by atoms with van der Waals surface area (Å²) >= 11 is 5.64. The van der Waals surface area contributed by atoms with Gasteiger partial charge in [0.1, 0.15) is 4.90 Å². The van der Waals surface area contributed by atoms with Crippen LogP contribution in [0.15, 0.2) is 21.9 Å². The van der Waals surface area contributed by atoms with E-state index in [1.54, 1.807) is 0 Å². The summed E-state index contributed by atoms with van der Waals surface area (Å²) in [7, 11) is -3.04. The molecule has 0 atom stereocenters. The molecule has 90 valence electrons. The quantitative estimate of drug-likeness (QED) is 0.831. The molecule has 0 aliphatic carbocycles. The van der Waals surface area contributed by atoms with E-state index in [0.717, 1.165) is 6.07 Å². The van der Waals surface area contributed by atoms with Crippen molar-refractivity contribution in [3.8, 4) is 0 Å². The molecular formula is C7H7Cl2NO4S2. The zero-order valence-corrected chi connectivity index (χ0v) is 11.1. The molecule has 16 heavy (non-hydrogen) atoms. The van der Waals surface area contributed by atoms with Crippen LogP contribution in [0.25, 0.3) is 0 Å². The van der Waals surface area contributed by atoms with Crippen LogP contribution in [0.4, 0.5) is 0 Å². The van der Waals surface area contributed by atoms with Crippen molar-refractivity contribution < 1.29 is 16.8 Å². The molecule has 1 aromatic rings. The number of halogens is 2. The summed E-state index contributed by atoms with van der Waals surface area (Å²) < 4.78 is 44.5. The van der Waals surface area contributed by atoms with E-state index in [2.05, 4.69) is 0 Å². The van der Waals surface area contributed by atoms with Gasteiger partial charge in [0.15, 0.2) is 0 Å². The predicted molar refractivity (Wildman–Crippen MR) is 60.6 cm³/mol. The second-order valence-corrected chi connectivity index (χ2v) is 7.50. The molecule has 0 amide bonds. The van der Waals surface area contributed by atoms with Crippen LogP contribution < -0.4 is 5.14 Å². The van der Waals surface area contributed by atoms with Gasteiger partial charge < -0.3 is 0 Å². The molecule has 0 aliphatic rings. The van der Waals surface area contributed by atoms with Crippen LogP contribution in [-0.2, 0) is 19.1 Å². The van der Waals surface area contributed by atoms with Gasteiger partial charge in [-0.05, 0) is 24.6 Å². The molecule has 0 fully saturated rings. The van der Waals surface area contributed by atoms with Gasteiger partial charge in [-0.2, -0.15) is 0 Å². The molecule has 0 aromatic heterocycles. The van der Waals surface area contributed by atoms with Crippen molar-refractivity contribution in [3.05, 3.63) is 22.7 Å². The van der Waals surface area contributed by atoms with E-state index in [1.165, 1.54) is 13.0 Å². The summed E-state index contributed by atoms with van der Waals surface area (Å²) in [6.45, 7) is 1.44. The number of benzene rings is 1. The summed E-state index contributed by atoms with van der Waals surface area (Å²) in [5.41, 5.74) is 0.247. The van der Waals surface area contributed by atoms with Crippen molar-refractivity contribution in [1.29, 1.82) is 0 Å². The minimum atomic E-state index is -4.11. The SMILES string of the molecule is Cc1cc(Cl)c(S(=O)(=O)Cl)cc1S(N)(=O)=O.